The third-order valence-electron chi connectivity index (χ3n) is 8.57. The molecule has 1 spiro atoms. The monoisotopic (exact) mass is 407 g/mol. The van der Waals surface area contributed by atoms with Gasteiger partial charge in [0.2, 0.25) is 0 Å². The van der Waals surface area contributed by atoms with E-state index in [1.165, 1.54) is 56.4 Å². The Balaban J connectivity index is 1.26. The number of nitrogens with zero attached hydrogens (tertiary/aromatic N) is 2. The van der Waals surface area contributed by atoms with Crippen LogP contribution in [0.2, 0.25) is 0 Å². The largest absolute Gasteiger partial charge is 0.331 e. The first-order valence-electron chi connectivity index (χ1n) is 12.2. The second-order valence-electron chi connectivity index (χ2n) is 10.1. The van der Waals surface area contributed by atoms with E-state index in [4.69, 9.17) is 0 Å². The number of fused-ring (bicyclic) bond motifs is 4. The molecule has 1 heterocycles. The average molecular weight is 408 g/mol. The fraction of sp³-hybridized carbons (Fsp3) is 0.654. The lowest BCUT2D eigenvalue weighted by Gasteiger charge is -2.41. The Hall–Kier alpha value is -1.81. The molecular weight excluding hydrogens is 370 g/mol. The lowest BCUT2D eigenvalue weighted by atomic mass is 9.73. The smallest absolute Gasteiger partial charge is 0.317 e. The number of hydrogen-bond donors (Lipinski definition) is 1. The molecule has 4 heteroatoms. The number of urea groups is 1. The molecule has 3 aliphatic carbocycles. The summed E-state index contributed by atoms with van der Waals surface area (Å²) in [5, 5.41) is 3.36. The fourth-order valence-electron chi connectivity index (χ4n) is 6.85. The van der Waals surface area contributed by atoms with Crippen molar-refractivity contribution in [2.45, 2.75) is 57.4 Å². The zero-order valence-corrected chi connectivity index (χ0v) is 18.6. The Labute approximate surface area is 181 Å². The highest BCUT2D eigenvalue weighted by atomic mass is 16.2. The summed E-state index contributed by atoms with van der Waals surface area (Å²) in [6.07, 6.45) is 11.3. The minimum Gasteiger partial charge on any atom is -0.331 e. The van der Waals surface area contributed by atoms with Crippen molar-refractivity contribution in [3.05, 3.63) is 47.5 Å². The van der Waals surface area contributed by atoms with E-state index >= 15 is 0 Å². The molecule has 2 bridgehead atoms. The zero-order valence-electron chi connectivity index (χ0n) is 18.6. The second kappa shape index (κ2) is 8.03. The summed E-state index contributed by atoms with van der Waals surface area (Å²) in [7, 11) is 0. The third kappa shape index (κ3) is 3.47. The highest BCUT2D eigenvalue weighted by molar-refractivity contribution is 5.75. The molecule has 4 aliphatic rings. The number of hydrogen-bond acceptors (Lipinski definition) is 2. The van der Waals surface area contributed by atoms with E-state index in [9.17, 15) is 4.79 Å². The summed E-state index contributed by atoms with van der Waals surface area (Å²) in [5.74, 6) is 2.59. The van der Waals surface area contributed by atoms with Crippen molar-refractivity contribution in [3.63, 3.8) is 0 Å². The molecule has 2 fully saturated rings. The lowest BCUT2D eigenvalue weighted by Crippen LogP contribution is -2.45. The van der Waals surface area contributed by atoms with Crippen LogP contribution in [0.5, 0.6) is 0 Å². The van der Waals surface area contributed by atoms with E-state index in [-0.39, 0.29) is 17.5 Å². The highest BCUT2D eigenvalue weighted by Crippen LogP contribution is 2.51. The molecule has 5 rings (SSSR count). The van der Waals surface area contributed by atoms with Gasteiger partial charge in [0.1, 0.15) is 0 Å². The molecule has 1 aromatic carbocycles. The molecule has 3 unspecified atom stereocenters. The Kier molecular flexibility index (Phi) is 5.38. The maximum atomic E-state index is 12.8. The Bertz CT molecular complexity index is 806. The van der Waals surface area contributed by atoms with E-state index in [2.05, 4.69) is 60.5 Å². The van der Waals surface area contributed by atoms with Gasteiger partial charge in [0.15, 0.2) is 0 Å². The Morgan fingerprint density at radius 3 is 2.57 bits per heavy atom. The topological polar surface area (TPSA) is 35.6 Å². The van der Waals surface area contributed by atoms with Crippen LogP contribution in [0.3, 0.4) is 0 Å². The van der Waals surface area contributed by atoms with Crippen molar-refractivity contribution < 1.29 is 4.79 Å². The van der Waals surface area contributed by atoms with E-state index in [1.807, 2.05) is 4.90 Å². The van der Waals surface area contributed by atoms with Crippen molar-refractivity contribution in [1.82, 2.24) is 15.1 Å². The lowest BCUT2D eigenvalue weighted by molar-refractivity contribution is 0.128. The first kappa shape index (κ1) is 20.1. The van der Waals surface area contributed by atoms with Crippen LogP contribution in [0.15, 0.2) is 36.4 Å². The van der Waals surface area contributed by atoms with Gasteiger partial charge in [-0.15, -0.1) is 0 Å². The number of amides is 2. The number of carbonyl (C=O) groups is 1. The van der Waals surface area contributed by atoms with E-state index in [1.54, 1.807) is 0 Å². The predicted octanol–water partition coefficient (Wildman–Crippen LogP) is 4.73. The summed E-state index contributed by atoms with van der Waals surface area (Å²) in [5.41, 5.74) is 3.09. The Morgan fingerprint density at radius 1 is 1.13 bits per heavy atom. The molecule has 2 amide bonds. The summed E-state index contributed by atoms with van der Waals surface area (Å²) < 4.78 is 0. The zero-order chi connectivity index (χ0) is 20.7. The molecule has 162 valence electrons. The van der Waals surface area contributed by atoms with Crippen LogP contribution in [0, 0.1) is 17.8 Å². The summed E-state index contributed by atoms with van der Waals surface area (Å²) in [6, 6.07) is 9.12. The number of piperidine rings is 1. The van der Waals surface area contributed by atoms with Crippen molar-refractivity contribution in [2.75, 3.05) is 32.7 Å². The van der Waals surface area contributed by atoms with Crippen LogP contribution in [0.25, 0.3) is 0 Å². The van der Waals surface area contributed by atoms with Crippen molar-refractivity contribution in [3.8, 4) is 0 Å². The number of rotatable bonds is 5. The fourth-order valence-corrected chi connectivity index (χ4v) is 6.85. The molecule has 1 saturated heterocycles. The van der Waals surface area contributed by atoms with E-state index < -0.39 is 0 Å². The van der Waals surface area contributed by atoms with Gasteiger partial charge < -0.3 is 15.1 Å². The van der Waals surface area contributed by atoms with Crippen LogP contribution in [0.1, 0.15) is 63.1 Å². The number of carbonyl (C=O) groups excluding carboxylic acids is 1. The van der Waals surface area contributed by atoms with Gasteiger partial charge in [-0.1, -0.05) is 36.4 Å². The number of nitrogens with one attached hydrogen (secondary N) is 1. The van der Waals surface area contributed by atoms with Gasteiger partial charge in [-0.2, -0.15) is 0 Å². The van der Waals surface area contributed by atoms with E-state index in [0.29, 0.717) is 0 Å². The van der Waals surface area contributed by atoms with Gasteiger partial charge in [0.25, 0.3) is 0 Å². The van der Waals surface area contributed by atoms with Gasteiger partial charge in [0, 0.05) is 25.0 Å². The maximum absolute atomic E-state index is 12.8. The molecule has 30 heavy (non-hydrogen) atoms. The number of likely N-dealkylation sites (tertiary alicyclic amines) is 1. The molecule has 4 nitrogen and oxygen atoms in total. The molecule has 0 aromatic heterocycles. The highest BCUT2D eigenvalue weighted by Gasteiger charge is 2.46. The molecule has 4 atom stereocenters. The second-order valence-corrected chi connectivity index (χ2v) is 10.1. The van der Waals surface area contributed by atoms with Gasteiger partial charge in [-0.05, 0) is 87.9 Å². The van der Waals surface area contributed by atoms with Crippen LogP contribution >= 0.6 is 0 Å². The maximum Gasteiger partial charge on any atom is 0.317 e. The van der Waals surface area contributed by atoms with Crippen molar-refractivity contribution in [1.29, 1.82) is 0 Å². The summed E-state index contributed by atoms with van der Waals surface area (Å²) >= 11 is 0. The van der Waals surface area contributed by atoms with Gasteiger partial charge >= 0.3 is 6.03 Å². The van der Waals surface area contributed by atoms with Crippen LogP contribution in [-0.2, 0) is 5.41 Å². The SMILES string of the molecule is CCN(CC)C(=O)N[C@H]1CC2(CCN(CC3CC4C=CC3C4)CC2)c2ccccc21. The molecule has 1 N–H and O–H groups in total. The van der Waals surface area contributed by atoms with Crippen LogP contribution in [-0.4, -0.2) is 48.6 Å². The summed E-state index contributed by atoms with van der Waals surface area (Å²) in [4.78, 5) is 17.4. The summed E-state index contributed by atoms with van der Waals surface area (Å²) in [6.45, 7) is 9.30. The first-order valence-corrected chi connectivity index (χ1v) is 12.2. The average Bonchev–Trinajstić information content (AvgIpc) is 3.46. The Morgan fingerprint density at radius 2 is 1.90 bits per heavy atom. The molecule has 1 aromatic rings. The van der Waals surface area contributed by atoms with Crippen LogP contribution < -0.4 is 5.32 Å². The van der Waals surface area contributed by atoms with E-state index in [0.717, 1.165) is 37.3 Å². The predicted molar refractivity (Wildman–Crippen MR) is 121 cm³/mol. The number of benzene rings is 1. The van der Waals surface area contributed by atoms with Crippen molar-refractivity contribution >= 4 is 6.03 Å². The quantitative estimate of drug-likeness (QED) is 0.717. The molecule has 0 radical (unpaired) electrons. The first-order chi connectivity index (χ1) is 14.6. The van der Waals surface area contributed by atoms with Crippen LogP contribution in [0.4, 0.5) is 4.79 Å². The normalized spacial score (nSPS) is 31.3. The van der Waals surface area contributed by atoms with Gasteiger partial charge in [-0.3, -0.25) is 0 Å². The standard InChI is InChI=1S/C26H37N3O/c1-3-29(4-2)25(30)27-24-17-26(23-8-6-5-7-22(23)24)11-13-28(14-12-26)18-21-16-19-9-10-20(21)15-19/h5-10,19-21,24H,3-4,11-18H2,1-2H3,(H,27,30)/t19?,20?,21?,24-/m0/s1. The minimum atomic E-state index is 0.0821. The van der Waals surface area contributed by atoms with Gasteiger partial charge in [0.05, 0.1) is 6.04 Å². The van der Waals surface area contributed by atoms with Crippen molar-refractivity contribution in [2.24, 2.45) is 17.8 Å². The molecule has 1 saturated carbocycles. The minimum absolute atomic E-state index is 0.0821. The molecule has 1 aliphatic heterocycles. The molecular formula is C26H37N3O. The number of allylic oxidation sites excluding steroid dienone is 2. The third-order valence-corrected chi connectivity index (χ3v) is 8.57. The van der Waals surface area contributed by atoms with Gasteiger partial charge in [-0.25, -0.2) is 4.79 Å².